The average Bonchev–Trinajstić information content (AvgIpc) is 3.03. The Morgan fingerprint density at radius 1 is 1.15 bits per heavy atom. The molecule has 3 aromatic rings. The van der Waals surface area contributed by atoms with E-state index in [2.05, 4.69) is 52.9 Å². The van der Waals surface area contributed by atoms with Gasteiger partial charge in [0.15, 0.2) is 17.1 Å². The van der Waals surface area contributed by atoms with Gasteiger partial charge in [0, 0.05) is 17.3 Å². The van der Waals surface area contributed by atoms with Crippen LogP contribution in [-0.4, -0.2) is 14.8 Å². The van der Waals surface area contributed by atoms with Crippen molar-refractivity contribution in [3.63, 3.8) is 0 Å². The van der Waals surface area contributed by atoms with Crippen LogP contribution in [0.3, 0.4) is 0 Å². The van der Waals surface area contributed by atoms with Crippen molar-refractivity contribution < 1.29 is 4.74 Å². The number of aromatic nitrogens is 3. The van der Waals surface area contributed by atoms with Gasteiger partial charge in [-0.2, -0.15) is 0 Å². The van der Waals surface area contributed by atoms with Crippen LogP contribution in [0.25, 0.3) is 0 Å². The molecule has 2 aromatic carbocycles. The minimum Gasteiger partial charge on any atom is -0.483 e. The Balaban J connectivity index is 1.72. The molecule has 4 nitrogen and oxygen atoms in total. The molecule has 1 heterocycles. The number of halogens is 1. The number of benzene rings is 2. The van der Waals surface area contributed by atoms with Gasteiger partial charge in [-0.25, -0.2) is 0 Å². The predicted molar refractivity (Wildman–Crippen MR) is 107 cm³/mol. The maximum Gasteiger partial charge on any atom is 0.191 e. The number of thioether (sulfide) groups is 1. The van der Waals surface area contributed by atoms with Crippen molar-refractivity contribution in [2.45, 2.75) is 44.3 Å². The summed E-state index contributed by atoms with van der Waals surface area (Å²) in [5.74, 6) is 2.41. The molecule has 0 radical (unpaired) electrons. The monoisotopic (exact) mass is 387 g/mol. The fourth-order valence-electron chi connectivity index (χ4n) is 2.75. The lowest BCUT2D eigenvalue weighted by Gasteiger charge is -2.15. The molecule has 0 aliphatic heterocycles. The molecular formula is C20H22ClN3OS. The molecule has 0 fully saturated rings. The fourth-order valence-corrected chi connectivity index (χ4v) is 3.88. The molecule has 0 amide bonds. The van der Waals surface area contributed by atoms with Crippen molar-refractivity contribution in [2.24, 2.45) is 0 Å². The average molecular weight is 388 g/mol. The highest BCUT2D eigenvalue weighted by atomic mass is 35.5. The third-order valence-corrected chi connectivity index (χ3v) is 5.26. The fraction of sp³-hybridized carbons (Fsp3) is 0.300. The van der Waals surface area contributed by atoms with Crippen molar-refractivity contribution in [3.8, 4) is 5.75 Å². The molecular weight excluding hydrogens is 366 g/mol. The quantitative estimate of drug-likeness (QED) is 0.488. The molecule has 0 spiro atoms. The first-order valence-corrected chi connectivity index (χ1v) is 9.97. The summed E-state index contributed by atoms with van der Waals surface area (Å²) < 4.78 is 8.11. The molecule has 6 heteroatoms. The number of aryl methyl sites for hydroxylation is 1. The van der Waals surface area contributed by atoms with E-state index in [0.717, 1.165) is 29.0 Å². The van der Waals surface area contributed by atoms with Crippen LogP contribution in [0.4, 0.5) is 0 Å². The number of rotatable bonds is 7. The Hall–Kier alpha value is -1.98. The van der Waals surface area contributed by atoms with Crippen molar-refractivity contribution in [1.82, 2.24) is 14.8 Å². The number of hydrogen-bond donors (Lipinski definition) is 0. The summed E-state index contributed by atoms with van der Waals surface area (Å²) in [6.07, 6.45) is -0.214. The highest BCUT2D eigenvalue weighted by molar-refractivity contribution is 7.98. The Kier molecular flexibility index (Phi) is 6.22. The second-order valence-corrected chi connectivity index (χ2v) is 7.46. The lowest BCUT2D eigenvalue weighted by atomic mass is 10.2. The van der Waals surface area contributed by atoms with E-state index in [1.54, 1.807) is 17.8 Å². The zero-order valence-corrected chi connectivity index (χ0v) is 16.7. The summed E-state index contributed by atoms with van der Waals surface area (Å²) in [6.45, 7) is 6.97. The molecule has 0 saturated heterocycles. The summed E-state index contributed by atoms with van der Waals surface area (Å²) in [4.78, 5) is 0. The minimum atomic E-state index is -0.214. The number of ether oxygens (including phenoxy) is 1. The first-order valence-electron chi connectivity index (χ1n) is 8.60. The lowest BCUT2D eigenvalue weighted by Crippen LogP contribution is -2.12. The second-order valence-electron chi connectivity index (χ2n) is 6.08. The van der Waals surface area contributed by atoms with Crippen molar-refractivity contribution >= 4 is 23.4 Å². The van der Waals surface area contributed by atoms with E-state index < -0.39 is 0 Å². The van der Waals surface area contributed by atoms with Crippen molar-refractivity contribution in [2.75, 3.05) is 0 Å². The van der Waals surface area contributed by atoms with Gasteiger partial charge in [-0.3, -0.25) is 0 Å². The van der Waals surface area contributed by atoms with Crippen LogP contribution in [-0.2, 0) is 12.3 Å². The summed E-state index contributed by atoms with van der Waals surface area (Å²) in [6, 6.07) is 15.9. The molecule has 0 saturated carbocycles. The molecule has 0 N–H and O–H groups in total. The van der Waals surface area contributed by atoms with E-state index in [0.29, 0.717) is 5.02 Å². The van der Waals surface area contributed by atoms with Gasteiger partial charge in [0.2, 0.25) is 0 Å². The maximum absolute atomic E-state index is 6.03. The summed E-state index contributed by atoms with van der Waals surface area (Å²) in [7, 11) is 0. The van der Waals surface area contributed by atoms with Crippen LogP contribution < -0.4 is 4.74 Å². The molecule has 26 heavy (non-hydrogen) atoms. The smallest absolute Gasteiger partial charge is 0.191 e. The van der Waals surface area contributed by atoms with Gasteiger partial charge in [-0.05, 0) is 44.5 Å². The first-order chi connectivity index (χ1) is 12.6. The minimum absolute atomic E-state index is 0.214. The Bertz CT molecular complexity index is 881. The normalized spacial score (nSPS) is 12.2. The first kappa shape index (κ1) is 18.8. The van der Waals surface area contributed by atoms with Crippen molar-refractivity contribution in [1.29, 1.82) is 0 Å². The number of nitrogens with zero attached hydrogens (tertiary/aromatic N) is 3. The van der Waals surface area contributed by atoms with Crippen LogP contribution in [0.5, 0.6) is 5.75 Å². The van der Waals surface area contributed by atoms with Gasteiger partial charge < -0.3 is 9.30 Å². The van der Waals surface area contributed by atoms with Gasteiger partial charge in [0.05, 0.1) is 0 Å². The van der Waals surface area contributed by atoms with Crippen LogP contribution in [0.2, 0.25) is 5.02 Å². The van der Waals surface area contributed by atoms with Crippen LogP contribution in [0, 0.1) is 6.92 Å². The van der Waals surface area contributed by atoms with Crippen LogP contribution in [0.15, 0.2) is 53.7 Å². The van der Waals surface area contributed by atoms with E-state index in [9.17, 15) is 0 Å². The topological polar surface area (TPSA) is 39.9 Å². The second kappa shape index (κ2) is 8.60. The van der Waals surface area contributed by atoms with Gasteiger partial charge >= 0.3 is 0 Å². The van der Waals surface area contributed by atoms with Gasteiger partial charge in [0.1, 0.15) is 5.75 Å². The Labute approximate surface area is 163 Å². The van der Waals surface area contributed by atoms with Crippen LogP contribution in [0.1, 0.15) is 36.9 Å². The van der Waals surface area contributed by atoms with E-state index in [1.807, 2.05) is 25.1 Å². The van der Waals surface area contributed by atoms with Gasteiger partial charge in [0.25, 0.3) is 0 Å². The van der Waals surface area contributed by atoms with E-state index in [1.165, 1.54) is 11.1 Å². The maximum atomic E-state index is 6.03. The third kappa shape index (κ3) is 4.59. The largest absolute Gasteiger partial charge is 0.483 e. The summed E-state index contributed by atoms with van der Waals surface area (Å²) >= 11 is 7.72. The SMILES string of the molecule is CCn1c(SCc2cccc(C)c2)nnc1[C@@H](C)Oc1cccc(Cl)c1. The summed E-state index contributed by atoms with van der Waals surface area (Å²) in [5.41, 5.74) is 2.55. The standard InChI is InChI=1S/C20H22ClN3OS/c1-4-24-19(15(3)25-18-10-6-9-17(21)12-18)22-23-20(24)26-13-16-8-5-7-14(2)11-16/h5-12,15H,4,13H2,1-3H3/t15-/m1/s1. The predicted octanol–water partition coefficient (Wildman–Crippen LogP) is 5.69. The highest BCUT2D eigenvalue weighted by Gasteiger charge is 2.19. The summed E-state index contributed by atoms with van der Waals surface area (Å²) in [5, 5.41) is 10.3. The van der Waals surface area contributed by atoms with E-state index in [4.69, 9.17) is 16.3 Å². The molecule has 0 bridgehead atoms. The lowest BCUT2D eigenvalue weighted by molar-refractivity contribution is 0.210. The molecule has 0 aliphatic rings. The third-order valence-electron chi connectivity index (χ3n) is 3.98. The van der Waals surface area contributed by atoms with E-state index >= 15 is 0 Å². The molecule has 136 valence electrons. The number of hydrogen-bond acceptors (Lipinski definition) is 4. The molecule has 0 unspecified atom stereocenters. The molecule has 1 aromatic heterocycles. The van der Waals surface area contributed by atoms with Crippen molar-refractivity contribution in [3.05, 3.63) is 70.5 Å². The van der Waals surface area contributed by atoms with Gasteiger partial charge in [-0.1, -0.05) is 59.3 Å². The highest BCUT2D eigenvalue weighted by Crippen LogP contribution is 2.27. The molecule has 3 rings (SSSR count). The van der Waals surface area contributed by atoms with Gasteiger partial charge in [-0.15, -0.1) is 10.2 Å². The zero-order chi connectivity index (χ0) is 18.5. The Morgan fingerprint density at radius 3 is 2.69 bits per heavy atom. The Morgan fingerprint density at radius 2 is 1.96 bits per heavy atom. The zero-order valence-electron chi connectivity index (χ0n) is 15.1. The van der Waals surface area contributed by atoms with Crippen LogP contribution >= 0.6 is 23.4 Å². The molecule has 1 atom stereocenters. The molecule has 0 aliphatic carbocycles. The van der Waals surface area contributed by atoms with E-state index in [-0.39, 0.29) is 6.10 Å².